The molecular weight excluding hydrogens is 498 g/mol. The highest BCUT2D eigenvalue weighted by Gasteiger charge is 2.46. The number of likely N-dealkylation sites (tertiary alicyclic amines) is 1. The number of esters is 1. The lowest BCUT2D eigenvalue weighted by Crippen LogP contribution is -2.29. The van der Waals surface area contributed by atoms with Crippen LogP contribution in [-0.2, 0) is 20.9 Å². The van der Waals surface area contributed by atoms with E-state index >= 15 is 0 Å². The first-order valence-electron chi connectivity index (χ1n) is 11.4. The number of hydrogen-bond acceptors (Lipinski definition) is 7. The van der Waals surface area contributed by atoms with Gasteiger partial charge < -0.3 is 24.6 Å². The zero-order valence-corrected chi connectivity index (χ0v) is 20.9. The second-order valence-corrected chi connectivity index (χ2v) is 8.72. The molecule has 0 radical (unpaired) electrons. The maximum absolute atomic E-state index is 13.3. The van der Waals surface area contributed by atoms with Crippen LogP contribution in [-0.4, -0.2) is 46.5 Å². The van der Waals surface area contributed by atoms with Crippen LogP contribution < -0.4 is 4.74 Å². The monoisotopic (exact) mass is 521 g/mol. The van der Waals surface area contributed by atoms with Crippen molar-refractivity contribution in [2.45, 2.75) is 19.5 Å². The van der Waals surface area contributed by atoms with Crippen LogP contribution in [0.25, 0.3) is 5.76 Å². The van der Waals surface area contributed by atoms with E-state index in [0.29, 0.717) is 21.7 Å². The molecular formula is C28H24ClNO7. The standard InChI is InChI=1S/C28H24ClNO7/c1-3-37-28(35)18-6-4-16(5-7-18)15-30-24(17-8-11-20(31)12-9-17)23(26(33)27(30)34)25(32)21-14-19(29)10-13-22(21)36-2/h4-14,24,31-32H,3,15H2,1-2H3/b25-23+. The second kappa shape index (κ2) is 10.8. The highest BCUT2D eigenvalue weighted by Crippen LogP contribution is 2.42. The number of carbonyl (C=O) groups excluding carboxylic acids is 3. The predicted molar refractivity (Wildman–Crippen MR) is 136 cm³/mol. The summed E-state index contributed by atoms with van der Waals surface area (Å²) in [5.41, 5.74) is 1.53. The fraction of sp³-hybridized carbons (Fsp3) is 0.179. The van der Waals surface area contributed by atoms with E-state index in [0.717, 1.165) is 0 Å². The Bertz CT molecular complexity index is 1380. The Labute approximate surface area is 218 Å². The van der Waals surface area contributed by atoms with Gasteiger partial charge in [0.05, 0.1) is 36.5 Å². The molecule has 1 atom stereocenters. The summed E-state index contributed by atoms with van der Waals surface area (Å²) >= 11 is 6.14. The summed E-state index contributed by atoms with van der Waals surface area (Å²) in [5.74, 6) is -2.31. The van der Waals surface area contributed by atoms with Gasteiger partial charge in [0, 0.05) is 11.6 Å². The van der Waals surface area contributed by atoms with E-state index in [9.17, 15) is 24.6 Å². The summed E-state index contributed by atoms with van der Waals surface area (Å²) in [7, 11) is 1.41. The molecule has 3 aromatic carbocycles. The smallest absolute Gasteiger partial charge is 0.338 e. The third-order valence-electron chi connectivity index (χ3n) is 5.98. The molecule has 1 aliphatic heterocycles. The topological polar surface area (TPSA) is 113 Å². The number of benzene rings is 3. The molecule has 4 rings (SSSR count). The molecule has 1 heterocycles. The van der Waals surface area contributed by atoms with Gasteiger partial charge in [-0.1, -0.05) is 35.9 Å². The van der Waals surface area contributed by atoms with Gasteiger partial charge in [0.15, 0.2) is 0 Å². The Morgan fingerprint density at radius 2 is 1.70 bits per heavy atom. The van der Waals surface area contributed by atoms with Crippen molar-refractivity contribution in [1.82, 2.24) is 4.90 Å². The van der Waals surface area contributed by atoms with Crippen LogP contribution in [0.4, 0.5) is 0 Å². The summed E-state index contributed by atoms with van der Waals surface area (Å²) in [6.45, 7) is 1.98. The molecule has 0 saturated carbocycles. The van der Waals surface area contributed by atoms with E-state index in [1.165, 1.54) is 30.2 Å². The maximum atomic E-state index is 13.3. The van der Waals surface area contributed by atoms with Crippen molar-refractivity contribution in [1.29, 1.82) is 0 Å². The number of Topliss-reactive ketones (excluding diaryl/α,β-unsaturated/α-hetero) is 1. The molecule has 1 unspecified atom stereocenters. The van der Waals surface area contributed by atoms with Crippen molar-refractivity contribution in [3.05, 3.63) is 99.6 Å². The minimum atomic E-state index is -0.964. The zero-order valence-electron chi connectivity index (χ0n) is 20.1. The van der Waals surface area contributed by atoms with Gasteiger partial charge >= 0.3 is 5.97 Å². The molecule has 1 saturated heterocycles. The summed E-state index contributed by atoms with van der Waals surface area (Å²) in [4.78, 5) is 39.8. The quantitative estimate of drug-likeness (QED) is 0.198. The average molecular weight is 522 g/mol. The van der Waals surface area contributed by atoms with Gasteiger partial charge in [-0.25, -0.2) is 4.79 Å². The minimum Gasteiger partial charge on any atom is -0.508 e. The number of methoxy groups -OCH3 is 1. The third kappa shape index (κ3) is 5.15. The number of nitrogens with zero attached hydrogens (tertiary/aromatic N) is 1. The highest BCUT2D eigenvalue weighted by molar-refractivity contribution is 6.46. The fourth-order valence-electron chi connectivity index (χ4n) is 4.21. The molecule has 1 amide bonds. The fourth-order valence-corrected chi connectivity index (χ4v) is 4.39. The number of amides is 1. The molecule has 0 bridgehead atoms. The molecule has 0 spiro atoms. The third-order valence-corrected chi connectivity index (χ3v) is 6.22. The van der Waals surface area contributed by atoms with Gasteiger partial charge in [-0.3, -0.25) is 9.59 Å². The van der Waals surface area contributed by atoms with Crippen molar-refractivity contribution in [2.24, 2.45) is 0 Å². The maximum Gasteiger partial charge on any atom is 0.338 e. The van der Waals surface area contributed by atoms with Gasteiger partial charge in [0.25, 0.3) is 11.7 Å². The summed E-state index contributed by atoms with van der Waals surface area (Å²) in [6.07, 6.45) is 0. The number of rotatable bonds is 7. The Morgan fingerprint density at radius 1 is 1.03 bits per heavy atom. The van der Waals surface area contributed by atoms with E-state index in [-0.39, 0.29) is 35.8 Å². The first kappa shape index (κ1) is 25.8. The van der Waals surface area contributed by atoms with Crippen molar-refractivity contribution in [3.63, 3.8) is 0 Å². The largest absolute Gasteiger partial charge is 0.508 e. The van der Waals surface area contributed by atoms with Crippen LogP contribution in [0.5, 0.6) is 11.5 Å². The Kier molecular flexibility index (Phi) is 7.50. The zero-order chi connectivity index (χ0) is 26.7. The number of ether oxygens (including phenoxy) is 2. The Morgan fingerprint density at radius 3 is 2.32 bits per heavy atom. The molecule has 9 heteroatoms. The lowest BCUT2D eigenvalue weighted by molar-refractivity contribution is -0.140. The van der Waals surface area contributed by atoms with E-state index in [2.05, 4.69) is 0 Å². The number of phenols is 1. The first-order valence-corrected chi connectivity index (χ1v) is 11.8. The molecule has 3 aromatic rings. The normalized spacial score (nSPS) is 16.6. The number of halogens is 1. The first-order chi connectivity index (χ1) is 17.7. The second-order valence-electron chi connectivity index (χ2n) is 8.28. The highest BCUT2D eigenvalue weighted by atomic mass is 35.5. The minimum absolute atomic E-state index is 0.00626. The van der Waals surface area contributed by atoms with Crippen LogP contribution in [0, 0.1) is 0 Å². The molecule has 8 nitrogen and oxygen atoms in total. The van der Waals surface area contributed by atoms with E-state index in [1.807, 2.05) is 0 Å². The van der Waals surface area contributed by atoms with Gasteiger partial charge in [0.2, 0.25) is 0 Å². The van der Waals surface area contributed by atoms with Crippen LogP contribution in [0.15, 0.2) is 72.3 Å². The number of ketones is 1. The SMILES string of the molecule is CCOC(=O)c1ccc(CN2C(=O)C(=O)/C(=C(/O)c3cc(Cl)ccc3OC)C2c2ccc(O)cc2)cc1. The van der Waals surface area contributed by atoms with Crippen LogP contribution in [0.2, 0.25) is 5.02 Å². The van der Waals surface area contributed by atoms with E-state index in [4.69, 9.17) is 21.1 Å². The predicted octanol–water partition coefficient (Wildman–Crippen LogP) is 4.85. The van der Waals surface area contributed by atoms with Gasteiger partial charge in [-0.2, -0.15) is 0 Å². The molecule has 1 aliphatic rings. The number of aromatic hydroxyl groups is 1. The van der Waals surface area contributed by atoms with Gasteiger partial charge in [-0.15, -0.1) is 0 Å². The summed E-state index contributed by atoms with van der Waals surface area (Å²) in [6, 6.07) is 16.1. The lowest BCUT2D eigenvalue weighted by Gasteiger charge is -2.25. The number of aliphatic hydroxyl groups excluding tert-OH is 1. The number of aliphatic hydroxyl groups is 1. The van der Waals surface area contributed by atoms with Crippen molar-refractivity contribution in [2.75, 3.05) is 13.7 Å². The molecule has 37 heavy (non-hydrogen) atoms. The number of carbonyl (C=O) groups is 3. The lowest BCUT2D eigenvalue weighted by atomic mass is 9.94. The van der Waals surface area contributed by atoms with Crippen molar-refractivity contribution < 1.29 is 34.1 Å². The van der Waals surface area contributed by atoms with Gasteiger partial charge in [-0.05, 0) is 60.5 Å². The van der Waals surface area contributed by atoms with Crippen molar-refractivity contribution in [3.8, 4) is 11.5 Å². The molecule has 0 aromatic heterocycles. The Balaban J connectivity index is 1.80. The average Bonchev–Trinajstić information content (AvgIpc) is 3.14. The van der Waals surface area contributed by atoms with E-state index in [1.54, 1.807) is 55.5 Å². The van der Waals surface area contributed by atoms with Crippen LogP contribution >= 0.6 is 11.6 Å². The molecule has 2 N–H and O–H groups in total. The molecule has 0 aliphatic carbocycles. The van der Waals surface area contributed by atoms with Gasteiger partial charge in [0.1, 0.15) is 17.3 Å². The Hall–Kier alpha value is -4.30. The summed E-state index contributed by atoms with van der Waals surface area (Å²) < 4.78 is 10.3. The van der Waals surface area contributed by atoms with Crippen LogP contribution in [0.1, 0.15) is 40.0 Å². The molecule has 190 valence electrons. The van der Waals surface area contributed by atoms with Crippen LogP contribution in [0.3, 0.4) is 0 Å². The number of phenolic OH excluding ortho intramolecular Hbond substituents is 1. The summed E-state index contributed by atoms with van der Waals surface area (Å²) in [5, 5.41) is 21.4. The molecule has 1 fully saturated rings. The number of hydrogen-bond donors (Lipinski definition) is 2. The van der Waals surface area contributed by atoms with E-state index < -0.39 is 29.5 Å². The van der Waals surface area contributed by atoms with Crippen molar-refractivity contribution >= 4 is 35.0 Å².